The quantitative estimate of drug-likeness (QED) is 0.432. The van der Waals surface area contributed by atoms with E-state index in [0.717, 1.165) is 47.9 Å². The minimum atomic E-state index is 0. The van der Waals surface area contributed by atoms with E-state index in [1.54, 1.807) is 0 Å². The molecule has 24 heavy (non-hydrogen) atoms. The van der Waals surface area contributed by atoms with Crippen LogP contribution in [0.4, 0.5) is 0 Å². The van der Waals surface area contributed by atoms with Gasteiger partial charge in [0, 0.05) is 11.4 Å². The Labute approximate surface area is 168 Å². The second-order valence-electron chi connectivity index (χ2n) is 6.23. The van der Waals surface area contributed by atoms with Gasteiger partial charge in [-0.05, 0) is 43.2 Å². The molecule has 0 aromatic heterocycles. The average molecular weight is 460 g/mol. The van der Waals surface area contributed by atoms with E-state index in [9.17, 15) is 0 Å². The molecule has 4 heteroatoms. The largest absolute Gasteiger partial charge is 1.00 e. The summed E-state index contributed by atoms with van der Waals surface area (Å²) in [6.45, 7) is 8.51. The first kappa shape index (κ1) is 21.3. The van der Waals surface area contributed by atoms with Gasteiger partial charge in [-0.1, -0.05) is 41.9 Å². The number of halogens is 2. The van der Waals surface area contributed by atoms with Crippen molar-refractivity contribution in [1.29, 1.82) is 0 Å². The van der Waals surface area contributed by atoms with E-state index in [4.69, 9.17) is 16.3 Å². The highest BCUT2D eigenvalue weighted by Crippen LogP contribution is 2.22. The van der Waals surface area contributed by atoms with Crippen LogP contribution in [-0.2, 0) is 6.42 Å². The Morgan fingerprint density at radius 1 is 0.958 bits per heavy atom. The summed E-state index contributed by atoms with van der Waals surface area (Å²) in [5.41, 5.74) is 2.46. The van der Waals surface area contributed by atoms with Gasteiger partial charge < -0.3 is 33.2 Å². The molecule has 0 amide bonds. The highest BCUT2D eigenvalue weighted by Gasteiger charge is 2.16. The summed E-state index contributed by atoms with van der Waals surface area (Å²) in [6, 6.07) is 16.3. The third kappa shape index (κ3) is 6.26. The van der Waals surface area contributed by atoms with Crippen molar-refractivity contribution in [2.24, 2.45) is 0 Å². The fourth-order valence-corrected chi connectivity index (χ4v) is 2.65. The van der Waals surface area contributed by atoms with Crippen LogP contribution in [0, 0.1) is 0 Å². The fraction of sp³-hybridized carbons (Fsp3) is 0.400. The highest BCUT2D eigenvalue weighted by molar-refractivity contribution is 6.30. The van der Waals surface area contributed by atoms with Crippen LogP contribution in [0.15, 0.2) is 48.5 Å². The zero-order valence-corrected chi connectivity index (χ0v) is 17.7. The van der Waals surface area contributed by atoms with Crippen molar-refractivity contribution in [2.75, 3.05) is 33.3 Å². The van der Waals surface area contributed by atoms with Gasteiger partial charge in [-0.25, -0.2) is 0 Å². The standard InChI is InChI=1S/C20H27ClNO.HI/c1-4-22(3,5-2)14-15-23-20-9-7-6-8-18(20)16-17-10-12-19(21)13-11-17;/h6-13H,4-5,14-16H2,1-3H3;1H/q+1;/p-1. The molecule has 0 saturated carbocycles. The van der Waals surface area contributed by atoms with Gasteiger partial charge in [0.2, 0.25) is 0 Å². The number of ether oxygens (including phenoxy) is 1. The molecular weight excluding hydrogens is 433 g/mol. The van der Waals surface area contributed by atoms with Crippen LogP contribution in [0.1, 0.15) is 25.0 Å². The number of hydrogen-bond donors (Lipinski definition) is 0. The predicted molar refractivity (Wildman–Crippen MR) is 98.3 cm³/mol. The van der Waals surface area contributed by atoms with Crippen molar-refractivity contribution < 1.29 is 33.2 Å². The Morgan fingerprint density at radius 3 is 2.21 bits per heavy atom. The van der Waals surface area contributed by atoms with Crippen LogP contribution in [0.3, 0.4) is 0 Å². The van der Waals surface area contributed by atoms with Crippen molar-refractivity contribution >= 4 is 11.6 Å². The molecule has 0 aliphatic carbocycles. The minimum absolute atomic E-state index is 0. The van der Waals surface area contributed by atoms with Crippen molar-refractivity contribution in [1.82, 2.24) is 0 Å². The molecule has 0 fully saturated rings. The maximum atomic E-state index is 6.09. The number of rotatable bonds is 8. The van der Waals surface area contributed by atoms with E-state index in [1.165, 1.54) is 11.1 Å². The van der Waals surface area contributed by atoms with Gasteiger partial charge in [0.1, 0.15) is 18.9 Å². The molecule has 0 heterocycles. The van der Waals surface area contributed by atoms with E-state index < -0.39 is 0 Å². The molecule has 0 bridgehead atoms. The molecule has 2 aromatic rings. The first-order valence-electron chi connectivity index (χ1n) is 8.35. The molecular formula is C20H27ClINO. The summed E-state index contributed by atoms with van der Waals surface area (Å²) in [6.07, 6.45) is 0.862. The van der Waals surface area contributed by atoms with Crippen LogP contribution in [0.25, 0.3) is 0 Å². The Balaban J connectivity index is 0.00000288. The maximum absolute atomic E-state index is 6.09. The second-order valence-corrected chi connectivity index (χ2v) is 6.67. The van der Waals surface area contributed by atoms with Gasteiger partial charge in [0.25, 0.3) is 0 Å². The van der Waals surface area contributed by atoms with Gasteiger partial charge in [-0.2, -0.15) is 0 Å². The van der Waals surface area contributed by atoms with Gasteiger partial charge in [0.15, 0.2) is 0 Å². The molecule has 0 spiro atoms. The van der Waals surface area contributed by atoms with Crippen LogP contribution < -0.4 is 28.7 Å². The van der Waals surface area contributed by atoms with Crippen LogP contribution in [0.5, 0.6) is 5.75 Å². The molecule has 132 valence electrons. The fourth-order valence-electron chi connectivity index (χ4n) is 2.53. The molecule has 0 radical (unpaired) electrons. The number of benzene rings is 2. The topological polar surface area (TPSA) is 9.23 Å². The van der Waals surface area contributed by atoms with E-state index in [2.05, 4.69) is 51.2 Å². The highest BCUT2D eigenvalue weighted by atomic mass is 127. The molecule has 0 atom stereocenters. The van der Waals surface area contributed by atoms with Gasteiger partial charge in [-0.3, -0.25) is 0 Å². The number of quaternary nitrogens is 1. The molecule has 0 N–H and O–H groups in total. The van der Waals surface area contributed by atoms with Gasteiger partial charge >= 0.3 is 0 Å². The number of nitrogens with zero attached hydrogens (tertiary/aromatic N) is 1. The lowest BCUT2D eigenvalue weighted by Gasteiger charge is -2.32. The van der Waals surface area contributed by atoms with E-state index in [-0.39, 0.29) is 24.0 Å². The van der Waals surface area contributed by atoms with Crippen LogP contribution in [0.2, 0.25) is 5.02 Å². The molecule has 2 rings (SSSR count). The zero-order valence-electron chi connectivity index (χ0n) is 14.8. The van der Waals surface area contributed by atoms with Crippen LogP contribution in [-0.4, -0.2) is 37.8 Å². The Bertz CT molecular complexity index is 611. The van der Waals surface area contributed by atoms with Crippen molar-refractivity contribution in [3.05, 3.63) is 64.7 Å². The number of para-hydroxylation sites is 1. The van der Waals surface area contributed by atoms with Gasteiger partial charge in [0.05, 0.1) is 20.1 Å². The molecule has 0 aliphatic rings. The lowest BCUT2D eigenvalue weighted by Crippen LogP contribution is -3.00. The van der Waals surface area contributed by atoms with Gasteiger partial charge in [-0.15, -0.1) is 0 Å². The first-order chi connectivity index (χ1) is 11.1. The minimum Gasteiger partial charge on any atom is -1.00 e. The number of likely N-dealkylation sites (N-methyl/N-ethyl adjacent to an activating group) is 1. The summed E-state index contributed by atoms with van der Waals surface area (Å²) < 4.78 is 7.13. The summed E-state index contributed by atoms with van der Waals surface area (Å²) >= 11 is 5.96. The SMILES string of the molecule is CC[N+](C)(CC)CCOc1ccccc1Cc1ccc(Cl)cc1.[I-]. The normalized spacial score (nSPS) is 11.0. The van der Waals surface area contributed by atoms with E-state index >= 15 is 0 Å². The second kappa shape index (κ2) is 10.3. The average Bonchev–Trinajstić information content (AvgIpc) is 2.58. The predicted octanol–water partition coefficient (Wildman–Crippen LogP) is 1.80. The molecule has 0 unspecified atom stereocenters. The van der Waals surface area contributed by atoms with E-state index in [1.807, 2.05) is 18.2 Å². The van der Waals surface area contributed by atoms with E-state index in [0.29, 0.717) is 0 Å². The third-order valence-corrected chi connectivity index (χ3v) is 4.95. The van der Waals surface area contributed by atoms with Crippen molar-refractivity contribution in [3.8, 4) is 5.75 Å². The summed E-state index contributed by atoms with van der Waals surface area (Å²) in [5.74, 6) is 0.987. The first-order valence-corrected chi connectivity index (χ1v) is 8.73. The Hall–Kier alpha value is -0.780. The summed E-state index contributed by atoms with van der Waals surface area (Å²) in [7, 11) is 2.28. The maximum Gasteiger partial charge on any atom is 0.137 e. The monoisotopic (exact) mass is 459 g/mol. The Morgan fingerprint density at radius 2 is 1.58 bits per heavy atom. The lowest BCUT2D eigenvalue weighted by molar-refractivity contribution is -0.906. The number of hydrogen-bond acceptors (Lipinski definition) is 1. The molecule has 2 nitrogen and oxygen atoms in total. The zero-order chi connectivity index (χ0) is 16.7. The molecule has 2 aromatic carbocycles. The van der Waals surface area contributed by atoms with Crippen LogP contribution >= 0.6 is 11.6 Å². The molecule has 0 saturated heterocycles. The third-order valence-electron chi connectivity index (χ3n) is 4.70. The Kier molecular flexibility index (Phi) is 9.09. The van der Waals surface area contributed by atoms with Crippen molar-refractivity contribution in [3.63, 3.8) is 0 Å². The smallest absolute Gasteiger partial charge is 0.137 e. The summed E-state index contributed by atoms with van der Waals surface area (Å²) in [5, 5.41) is 0.773. The van der Waals surface area contributed by atoms with Crippen molar-refractivity contribution in [2.45, 2.75) is 20.3 Å². The molecule has 0 aliphatic heterocycles. The lowest BCUT2D eigenvalue weighted by atomic mass is 10.0. The summed E-state index contributed by atoms with van der Waals surface area (Å²) in [4.78, 5) is 0.